The maximum absolute atomic E-state index is 4.41. The van der Waals surface area contributed by atoms with E-state index in [4.69, 9.17) is 0 Å². The van der Waals surface area contributed by atoms with Crippen LogP contribution in [0.3, 0.4) is 0 Å². The lowest BCUT2D eigenvalue weighted by molar-refractivity contribution is 0.586. The van der Waals surface area contributed by atoms with Crippen LogP contribution >= 0.6 is 21.8 Å². The van der Waals surface area contributed by atoms with Gasteiger partial charge >= 0.3 is 0 Å². The number of benzene rings is 1. The first-order valence-electron chi connectivity index (χ1n) is 8.14. The number of hydrogen-bond acceptors (Lipinski definition) is 3. The third-order valence-corrected chi connectivity index (χ3v) is 5.95. The summed E-state index contributed by atoms with van der Waals surface area (Å²) in [5.74, 6) is 1.23. The fourth-order valence-corrected chi connectivity index (χ4v) is 4.49. The van der Waals surface area contributed by atoms with Crippen LogP contribution in [0.5, 0.6) is 0 Å². The molecule has 0 unspecified atom stereocenters. The first-order valence-corrected chi connectivity index (χ1v) is 10.4. The summed E-state index contributed by atoms with van der Waals surface area (Å²) in [6, 6.07) is 8.31. The van der Waals surface area contributed by atoms with Crippen molar-refractivity contribution in [1.29, 1.82) is 0 Å². The number of hydrogen-bond donors (Lipinski definition) is 0. The molecule has 1 aromatic heterocycles. The molecule has 0 spiro atoms. The summed E-state index contributed by atoms with van der Waals surface area (Å²) < 4.78 is 2.17. The topological polar surface area (TPSA) is 17.8 Å². The maximum Gasteiger partial charge on any atom is 0.107 e. The van der Waals surface area contributed by atoms with Crippen molar-refractivity contribution in [1.82, 2.24) is 8.96 Å². The highest BCUT2D eigenvalue weighted by atomic mass is 33.1. The highest BCUT2D eigenvalue weighted by Crippen LogP contribution is 2.28. The zero-order chi connectivity index (χ0) is 14.8. The number of rotatable bonds is 11. The largest absolute Gasteiger partial charge is 0.263 e. The van der Waals surface area contributed by atoms with Crippen LogP contribution in [0.15, 0.2) is 30.6 Å². The average Bonchev–Trinajstić information content (AvgIpc) is 2.92. The predicted octanol–water partition coefficient (Wildman–Crippen LogP) is 6.32. The van der Waals surface area contributed by atoms with Gasteiger partial charge in [0.1, 0.15) is 6.33 Å². The van der Waals surface area contributed by atoms with Crippen LogP contribution in [0.2, 0.25) is 0 Å². The van der Waals surface area contributed by atoms with E-state index in [0.717, 1.165) is 5.52 Å². The average molecular weight is 323 g/mol. The van der Waals surface area contributed by atoms with Crippen molar-refractivity contribution in [3.05, 3.63) is 30.6 Å². The molecule has 0 fully saturated rings. The lowest BCUT2D eigenvalue weighted by Crippen LogP contribution is -1.84. The van der Waals surface area contributed by atoms with Crippen LogP contribution in [-0.4, -0.2) is 14.7 Å². The summed E-state index contributed by atoms with van der Waals surface area (Å²) in [5.41, 5.74) is 2.30. The molecule has 0 saturated heterocycles. The van der Waals surface area contributed by atoms with Gasteiger partial charge in [-0.2, -0.15) is 0 Å². The Bertz CT molecular complexity index is 510. The Kier molecular flexibility index (Phi) is 8.12. The van der Waals surface area contributed by atoms with Gasteiger partial charge < -0.3 is 0 Å². The monoisotopic (exact) mass is 322 g/mol. The van der Waals surface area contributed by atoms with E-state index in [1.165, 1.54) is 62.6 Å². The van der Waals surface area contributed by atoms with Crippen LogP contribution in [0.1, 0.15) is 58.3 Å². The van der Waals surface area contributed by atoms with Crippen LogP contribution in [0.25, 0.3) is 11.0 Å². The van der Waals surface area contributed by atoms with Crippen LogP contribution < -0.4 is 0 Å². The molecule has 0 aliphatic rings. The zero-order valence-electron chi connectivity index (χ0n) is 13.0. The Morgan fingerprint density at radius 1 is 0.952 bits per heavy atom. The van der Waals surface area contributed by atoms with E-state index < -0.39 is 0 Å². The van der Waals surface area contributed by atoms with Gasteiger partial charge in [-0.25, -0.2) is 4.98 Å². The van der Waals surface area contributed by atoms with Crippen molar-refractivity contribution in [3.63, 3.8) is 0 Å². The smallest absolute Gasteiger partial charge is 0.107 e. The van der Waals surface area contributed by atoms with Gasteiger partial charge in [-0.05, 0) is 18.6 Å². The van der Waals surface area contributed by atoms with E-state index in [0.29, 0.717) is 0 Å². The minimum absolute atomic E-state index is 1.08. The molecule has 0 amide bonds. The summed E-state index contributed by atoms with van der Waals surface area (Å²) in [4.78, 5) is 4.41. The van der Waals surface area contributed by atoms with E-state index >= 15 is 0 Å². The quantitative estimate of drug-likeness (QED) is 0.356. The summed E-state index contributed by atoms with van der Waals surface area (Å²) in [6.07, 6.45) is 13.1. The number of para-hydroxylation sites is 2. The first-order chi connectivity index (χ1) is 10.4. The normalized spacial score (nSPS) is 11.3. The van der Waals surface area contributed by atoms with E-state index in [2.05, 4.69) is 34.1 Å². The molecule has 0 aliphatic carbocycles. The SMILES string of the molecule is CCCCCCCCCCSSn1cnc2ccccc21. The van der Waals surface area contributed by atoms with Crippen LogP contribution in [0, 0.1) is 0 Å². The molecule has 4 heteroatoms. The highest BCUT2D eigenvalue weighted by molar-refractivity contribution is 8.76. The minimum atomic E-state index is 1.08. The number of imidazole rings is 1. The first kappa shape index (κ1) is 16.8. The molecule has 0 aliphatic heterocycles. The summed E-state index contributed by atoms with van der Waals surface area (Å²) in [6.45, 7) is 2.28. The van der Waals surface area contributed by atoms with Crippen molar-refractivity contribution in [2.24, 2.45) is 0 Å². The third-order valence-electron chi connectivity index (χ3n) is 3.64. The Morgan fingerprint density at radius 2 is 1.67 bits per heavy atom. The summed E-state index contributed by atoms with van der Waals surface area (Å²) in [5, 5.41) is 0. The Hall–Kier alpha value is -0.610. The fourth-order valence-electron chi connectivity index (χ4n) is 2.38. The van der Waals surface area contributed by atoms with Gasteiger partial charge in [0.15, 0.2) is 0 Å². The highest BCUT2D eigenvalue weighted by Gasteiger charge is 2.01. The van der Waals surface area contributed by atoms with Crippen LogP contribution in [0.4, 0.5) is 0 Å². The van der Waals surface area contributed by atoms with Gasteiger partial charge in [-0.1, -0.05) is 74.8 Å². The molecule has 0 atom stereocenters. The van der Waals surface area contributed by atoms with Gasteiger partial charge in [0.05, 0.1) is 11.0 Å². The van der Waals surface area contributed by atoms with Gasteiger partial charge in [0.2, 0.25) is 0 Å². The second kappa shape index (κ2) is 10.2. The minimum Gasteiger partial charge on any atom is -0.263 e. The molecule has 0 N–H and O–H groups in total. The maximum atomic E-state index is 4.41. The van der Waals surface area contributed by atoms with Crippen molar-refractivity contribution in [2.45, 2.75) is 58.3 Å². The summed E-state index contributed by atoms with van der Waals surface area (Å²) >= 11 is 0. The second-order valence-electron chi connectivity index (χ2n) is 5.43. The number of nitrogens with zero attached hydrogens (tertiary/aromatic N) is 2. The molecule has 116 valence electrons. The molecule has 21 heavy (non-hydrogen) atoms. The van der Waals surface area contributed by atoms with E-state index in [1.54, 1.807) is 11.0 Å². The lowest BCUT2D eigenvalue weighted by atomic mass is 10.1. The van der Waals surface area contributed by atoms with E-state index in [1.807, 2.05) is 23.2 Å². The predicted molar refractivity (Wildman–Crippen MR) is 97.8 cm³/mol. The van der Waals surface area contributed by atoms with Gasteiger partial charge in [0, 0.05) is 16.7 Å². The molecule has 0 saturated carbocycles. The molecule has 2 aromatic rings. The zero-order valence-corrected chi connectivity index (χ0v) is 14.6. The third kappa shape index (κ3) is 5.95. The molecule has 2 nitrogen and oxygen atoms in total. The van der Waals surface area contributed by atoms with Gasteiger partial charge in [0.25, 0.3) is 0 Å². The van der Waals surface area contributed by atoms with E-state index in [9.17, 15) is 0 Å². The number of aromatic nitrogens is 2. The summed E-state index contributed by atoms with van der Waals surface area (Å²) in [7, 11) is 3.74. The molecule has 1 aromatic carbocycles. The number of unbranched alkanes of at least 4 members (excludes halogenated alkanes) is 7. The second-order valence-corrected chi connectivity index (χ2v) is 7.77. The van der Waals surface area contributed by atoms with Gasteiger partial charge in [-0.15, -0.1) is 0 Å². The molecule has 0 bridgehead atoms. The molecular formula is C17H26N2S2. The Balaban J connectivity index is 1.52. The van der Waals surface area contributed by atoms with Crippen molar-refractivity contribution in [2.75, 3.05) is 5.75 Å². The molecular weight excluding hydrogens is 296 g/mol. The lowest BCUT2D eigenvalue weighted by Gasteiger charge is -2.03. The van der Waals surface area contributed by atoms with E-state index in [-0.39, 0.29) is 0 Å². The van der Waals surface area contributed by atoms with Crippen molar-refractivity contribution >= 4 is 32.8 Å². The van der Waals surface area contributed by atoms with Gasteiger partial charge in [-0.3, -0.25) is 3.97 Å². The Morgan fingerprint density at radius 3 is 2.48 bits per heavy atom. The van der Waals surface area contributed by atoms with Crippen molar-refractivity contribution in [3.8, 4) is 0 Å². The Labute approximate surface area is 136 Å². The fraction of sp³-hybridized carbons (Fsp3) is 0.588. The molecule has 2 rings (SSSR count). The molecule has 0 radical (unpaired) electrons. The molecule has 1 heterocycles. The van der Waals surface area contributed by atoms with Crippen molar-refractivity contribution < 1.29 is 0 Å². The van der Waals surface area contributed by atoms with Crippen LogP contribution in [-0.2, 0) is 0 Å². The number of fused-ring (bicyclic) bond motifs is 1. The standard InChI is InChI=1S/C17H26N2S2/c1-2-3-4-5-6-7-8-11-14-20-21-19-15-18-16-12-9-10-13-17(16)19/h9-10,12-13,15H,2-8,11,14H2,1H3.